The molecule has 0 amide bonds. The summed E-state index contributed by atoms with van der Waals surface area (Å²) in [6.45, 7) is 8.68. The Balaban J connectivity index is -0.000000152. The summed E-state index contributed by atoms with van der Waals surface area (Å²) in [5, 5.41) is 30.1. The maximum Gasteiger partial charge on any atom is 3.00 e. The van der Waals surface area contributed by atoms with E-state index in [4.69, 9.17) is 0 Å². The molecule has 0 saturated carbocycles. The van der Waals surface area contributed by atoms with Gasteiger partial charge in [0.2, 0.25) is 0 Å². The van der Waals surface area contributed by atoms with Gasteiger partial charge in [0.05, 0.1) is 35.7 Å². The Hall–Kier alpha value is -2.07. The summed E-state index contributed by atoms with van der Waals surface area (Å²) in [7, 11) is 0. The van der Waals surface area contributed by atoms with Gasteiger partial charge in [-0.2, -0.15) is 0 Å². The van der Waals surface area contributed by atoms with Gasteiger partial charge in [-0.15, -0.1) is 0 Å². The zero-order valence-corrected chi connectivity index (χ0v) is 17.9. The third-order valence-electron chi connectivity index (χ3n) is 3.55. The summed E-state index contributed by atoms with van der Waals surface area (Å²) in [6.07, 6.45) is 0.951. The van der Waals surface area contributed by atoms with Crippen LogP contribution < -0.4 is 15.3 Å². The topological polar surface area (TPSA) is 172 Å². The number of carboxylic acids is 3. The number of carbonyl (C=O) groups is 6. The monoisotopic (exact) mass is 446 g/mol. The molecule has 0 rings (SSSR count). The molecule has 0 aromatic heterocycles. The summed E-state index contributed by atoms with van der Waals surface area (Å²) in [6, 6.07) is 0. The molecule has 162 valence electrons. The maximum atomic E-state index is 10.4. The van der Waals surface area contributed by atoms with Crippen LogP contribution in [-0.2, 0) is 45.5 Å². The molecule has 0 aliphatic rings. The van der Waals surface area contributed by atoms with Crippen molar-refractivity contribution in [2.45, 2.75) is 60.8 Å². The molecule has 10 heteroatoms. The normalized spacial score (nSPS) is 12.2. The summed E-state index contributed by atoms with van der Waals surface area (Å²) >= 11 is 0. The minimum Gasteiger partial charge on any atom is -0.549 e. The van der Waals surface area contributed by atoms with Crippen molar-refractivity contribution < 1.29 is 60.9 Å². The summed E-state index contributed by atoms with van der Waals surface area (Å²) in [4.78, 5) is 61.3. The van der Waals surface area contributed by atoms with Crippen LogP contribution in [0.25, 0.3) is 0 Å². The molecule has 9 nitrogen and oxygen atoms in total. The van der Waals surface area contributed by atoms with Crippen LogP contribution in [0.5, 0.6) is 0 Å². The Morgan fingerprint density at radius 3 is 0.679 bits per heavy atom. The van der Waals surface area contributed by atoms with Crippen LogP contribution in [0.1, 0.15) is 60.8 Å². The number of carboxylic acid groups (broad SMARTS) is 3. The molecule has 0 spiro atoms. The Labute approximate surface area is 175 Å². The minimum absolute atomic E-state index is 0. The zero-order chi connectivity index (χ0) is 22.3. The van der Waals surface area contributed by atoms with Crippen molar-refractivity contribution in [3.05, 3.63) is 0 Å². The number of hydrogen-bond donors (Lipinski definition) is 0. The van der Waals surface area contributed by atoms with Crippen LogP contribution in [0.3, 0.4) is 0 Å². The van der Waals surface area contributed by atoms with E-state index in [1.165, 1.54) is 20.8 Å². The van der Waals surface area contributed by atoms with E-state index in [1.54, 1.807) is 20.8 Å². The zero-order valence-electron chi connectivity index (χ0n) is 16.9. The van der Waals surface area contributed by atoms with Gasteiger partial charge in [-0.3, -0.25) is 14.4 Å². The number of Topliss-reactive ketones (excluding diaryl/α,β-unsaturated/α-hetero) is 3. The molecule has 3 atom stereocenters. The van der Waals surface area contributed by atoms with Crippen molar-refractivity contribution in [3.63, 3.8) is 0 Å². The molecular formula is C18H27CoO9. The van der Waals surface area contributed by atoms with E-state index in [9.17, 15) is 44.1 Å². The van der Waals surface area contributed by atoms with Crippen LogP contribution in [-0.4, -0.2) is 35.3 Å². The molecule has 0 radical (unpaired) electrons. The number of ketones is 3. The maximum absolute atomic E-state index is 10.4. The van der Waals surface area contributed by atoms with Gasteiger partial charge in [0.15, 0.2) is 0 Å². The molecule has 0 heterocycles. The first kappa shape index (κ1) is 33.5. The second-order valence-corrected chi connectivity index (χ2v) is 5.67. The molecule has 0 aromatic rings. The van der Waals surface area contributed by atoms with Crippen molar-refractivity contribution in [3.8, 4) is 0 Å². The second kappa shape index (κ2) is 18.3. The molecule has 28 heavy (non-hydrogen) atoms. The number of rotatable bonds is 9. The fourth-order valence-corrected chi connectivity index (χ4v) is 1.86. The van der Waals surface area contributed by atoms with E-state index in [2.05, 4.69) is 0 Å². The molecule has 3 unspecified atom stereocenters. The molecule has 0 saturated heterocycles. The largest absolute Gasteiger partial charge is 3.00 e. The van der Waals surface area contributed by atoms with E-state index in [0.717, 1.165) is 0 Å². The van der Waals surface area contributed by atoms with Crippen LogP contribution in [0, 0.1) is 17.8 Å². The van der Waals surface area contributed by atoms with Gasteiger partial charge in [-0.25, -0.2) is 0 Å². The van der Waals surface area contributed by atoms with Gasteiger partial charge in [-0.05, 0) is 40.0 Å². The quantitative estimate of drug-likeness (QED) is 0.365. The van der Waals surface area contributed by atoms with Crippen molar-refractivity contribution >= 4 is 35.3 Å². The molecule has 0 aliphatic heterocycles. The van der Waals surface area contributed by atoms with E-state index in [-0.39, 0.29) is 34.1 Å². The molecular weight excluding hydrogens is 419 g/mol. The van der Waals surface area contributed by atoms with Gasteiger partial charge in [-0.1, -0.05) is 20.8 Å². The van der Waals surface area contributed by atoms with Crippen LogP contribution >= 0.6 is 0 Å². The fourth-order valence-electron chi connectivity index (χ4n) is 1.86. The van der Waals surface area contributed by atoms with E-state index >= 15 is 0 Å². The van der Waals surface area contributed by atoms with Gasteiger partial charge in [0.25, 0.3) is 0 Å². The van der Waals surface area contributed by atoms with Crippen molar-refractivity contribution in [2.75, 3.05) is 0 Å². The first-order valence-corrected chi connectivity index (χ1v) is 8.42. The van der Waals surface area contributed by atoms with Gasteiger partial charge >= 0.3 is 16.8 Å². The average molecular weight is 446 g/mol. The third kappa shape index (κ3) is 16.1. The van der Waals surface area contributed by atoms with Crippen molar-refractivity contribution in [2.24, 2.45) is 17.8 Å². The third-order valence-corrected chi connectivity index (χ3v) is 3.55. The SMILES string of the molecule is CCC(C(C)=O)C(=O)[O-].CCC(C(C)=O)C(=O)[O-].CCC(C(C)=O)C(=O)[O-].[Co+3]. The van der Waals surface area contributed by atoms with Crippen LogP contribution in [0.2, 0.25) is 0 Å². The van der Waals surface area contributed by atoms with Crippen molar-refractivity contribution in [1.82, 2.24) is 0 Å². The fraction of sp³-hybridized carbons (Fsp3) is 0.667. The second-order valence-electron chi connectivity index (χ2n) is 5.67. The molecule has 0 aromatic carbocycles. The standard InChI is InChI=1S/3C6H10O3.Co/c3*1-3-5(4(2)7)6(8)9;/h3*5H,3H2,1-2H3,(H,8,9);/q;;;+3/p-3. The number of hydrogen-bond acceptors (Lipinski definition) is 9. The Morgan fingerprint density at radius 2 is 0.679 bits per heavy atom. The van der Waals surface area contributed by atoms with E-state index < -0.39 is 35.7 Å². The first-order chi connectivity index (χ1) is 12.3. The van der Waals surface area contributed by atoms with E-state index in [0.29, 0.717) is 19.3 Å². The Bertz CT molecular complexity index is 425. The molecule has 0 aliphatic carbocycles. The van der Waals surface area contributed by atoms with Crippen LogP contribution in [0.15, 0.2) is 0 Å². The summed E-state index contributed by atoms with van der Waals surface area (Å²) in [5.74, 6) is -7.56. The first-order valence-electron chi connectivity index (χ1n) is 8.42. The Kier molecular flexibility index (Phi) is 21.9. The van der Waals surface area contributed by atoms with E-state index in [1.807, 2.05) is 0 Å². The summed E-state index contributed by atoms with van der Waals surface area (Å²) < 4.78 is 0. The Morgan fingerprint density at radius 1 is 0.536 bits per heavy atom. The average Bonchev–Trinajstić information content (AvgIpc) is 2.47. The summed E-state index contributed by atoms with van der Waals surface area (Å²) in [5.41, 5.74) is 0. The molecule has 0 N–H and O–H groups in total. The predicted molar refractivity (Wildman–Crippen MR) is 88.4 cm³/mol. The number of aliphatic carboxylic acids is 3. The van der Waals surface area contributed by atoms with Gasteiger partial charge in [0, 0.05) is 0 Å². The van der Waals surface area contributed by atoms with Crippen molar-refractivity contribution in [1.29, 1.82) is 0 Å². The number of carbonyl (C=O) groups excluding carboxylic acids is 6. The molecule has 0 bridgehead atoms. The minimum atomic E-state index is -1.27. The smallest absolute Gasteiger partial charge is 0.549 e. The van der Waals surface area contributed by atoms with Crippen LogP contribution in [0.4, 0.5) is 0 Å². The van der Waals surface area contributed by atoms with Gasteiger partial charge < -0.3 is 29.7 Å². The predicted octanol–water partition coefficient (Wildman–Crippen LogP) is -1.95. The molecule has 0 fully saturated rings. The van der Waals surface area contributed by atoms with Gasteiger partial charge in [0.1, 0.15) is 17.3 Å².